The minimum absolute atomic E-state index is 0.298. The summed E-state index contributed by atoms with van der Waals surface area (Å²) in [5.41, 5.74) is 4.75. The highest BCUT2D eigenvalue weighted by atomic mass is 16.2. The average Bonchev–Trinajstić information content (AvgIpc) is 3.18. The van der Waals surface area contributed by atoms with Crippen molar-refractivity contribution in [2.75, 3.05) is 13.1 Å². The van der Waals surface area contributed by atoms with E-state index in [1.165, 1.54) is 11.3 Å². The molecule has 0 spiro atoms. The number of fused-ring (bicyclic) bond motifs is 3. The first-order chi connectivity index (χ1) is 10.8. The molecule has 0 radical (unpaired) electrons. The Morgan fingerprint density at radius 2 is 2.18 bits per heavy atom. The van der Waals surface area contributed by atoms with E-state index < -0.39 is 0 Å². The Balaban J connectivity index is 1.59. The van der Waals surface area contributed by atoms with Gasteiger partial charge in [-0.25, -0.2) is 0 Å². The van der Waals surface area contributed by atoms with Crippen LogP contribution in [0.5, 0.6) is 0 Å². The van der Waals surface area contributed by atoms with Crippen molar-refractivity contribution in [3.05, 3.63) is 35.8 Å². The Labute approximate surface area is 129 Å². The predicted octanol–water partition coefficient (Wildman–Crippen LogP) is 2.37. The molecule has 0 saturated carbocycles. The Morgan fingerprint density at radius 1 is 1.36 bits per heavy atom. The van der Waals surface area contributed by atoms with E-state index in [1.54, 1.807) is 12.4 Å². The number of hydrogen-bond acceptors (Lipinski definition) is 3. The third-order valence-electron chi connectivity index (χ3n) is 4.95. The Bertz CT molecular complexity index is 694. The summed E-state index contributed by atoms with van der Waals surface area (Å²) in [6, 6.07) is 4.00. The molecule has 0 aromatic carbocycles. The van der Waals surface area contributed by atoms with Crippen molar-refractivity contribution < 1.29 is 4.79 Å². The quantitative estimate of drug-likeness (QED) is 0.946. The molecule has 2 aromatic rings. The summed E-state index contributed by atoms with van der Waals surface area (Å²) in [5, 5.41) is 7.76. The zero-order chi connectivity index (χ0) is 15.1. The molecule has 2 aliphatic rings. The number of aromatic nitrogens is 3. The fourth-order valence-electron chi connectivity index (χ4n) is 3.88. The van der Waals surface area contributed by atoms with Crippen LogP contribution in [-0.4, -0.2) is 39.1 Å². The normalized spacial score (nSPS) is 22.7. The molecule has 1 amide bonds. The SMILES string of the molecule is CCCC(=O)N1C[C@H]2Cc3c(-c4ccncc4)n[nH]c3[C@H]2C1. The molecular weight excluding hydrogens is 276 g/mol. The van der Waals surface area contributed by atoms with Crippen LogP contribution in [0, 0.1) is 5.92 Å². The molecular formula is C17H20N4O. The summed E-state index contributed by atoms with van der Waals surface area (Å²) < 4.78 is 0. The van der Waals surface area contributed by atoms with Crippen LogP contribution in [0.3, 0.4) is 0 Å². The fraction of sp³-hybridized carbons (Fsp3) is 0.471. The smallest absolute Gasteiger partial charge is 0.222 e. The molecule has 2 atom stereocenters. The number of carbonyl (C=O) groups is 1. The number of pyridine rings is 1. The summed E-state index contributed by atoms with van der Waals surface area (Å²) in [5.74, 6) is 1.27. The van der Waals surface area contributed by atoms with Gasteiger partial charge in [0.25, 0.3) is 0 Å². The molecule has 2 aromatic heterocycles. The number of likely N-dealkylation sites (tertiary alicyclic amines) is 1. The van der Waals surface area contributed by atoms with Gasteiger partial charge in [-0.1, -0.05) is 6.92 Å². The minimum Gasteiger partial charge on any atom is -0.342 e. The van der Waals surface area contributed by atoms with Gasteiger partial charge in [-0.05, 0) is 30.9 Å². The van der Waals surface area contributed by atoms with Crippen molar-refractivity contribution in [2.45, 2.75) is 32.1 Å². The van der Waals surface area contributed by atoms with Gasteiger partial charge < -0.3 is 4.90 Å². The molecule has 22 heavy (non-hydrogen) atoms. The maximum Gasteiger partial charge on any atom is 0.222 e. The number of nitrogens with zero attached hydrogens (tertiary/aromatic N) is 3. The van der Waals surface area contributed by atoms with Crippen molar-refractivity contribution in [2.24, 2.45) is 5.92 Å². The van der Waals surface area contributed by atoms with Crippen LogP contribution < -0.4 is 0 Å². The second-order valence-corrected chi connectivity index (χ2v) is 6.32. The van der Waals surface area contributed by atoms with Gasteiger partial charge >= 0.3 is 0 Å². The first kappa shape index (κ1) is 13.5. The van der Waals surface area contributed by atoms with E-state index in [1.807, 2.05) is 17.0 Å². The van der Waals surface area contributed by atoms with E-state index in [9.17, 15) is 4.79 Å². The lowest BCUT2D eigenvalue weighted by atomic mass is 9.99. The third kappa shape index (κ3) is 2.03. The standard InChI is InChI=1S/C17H20N4O/c1-2-3-15(22)21-9-12-8-13-16(11-4-6-18-7-5-11)19-20-17(13)14(12)10-21/h4-7,12,14H,2-3,8-10H2,1H3,(H,19,20)/t12-,14+/m1/s1. The first-order valence-corrected chi connectivity index (χ1v) is 8.03. The van der Waals surface area contributed by atoms with Crippen LogP contribution >= 0.6 is 0 Å². The van der Waals surface area contributed by atoms with E-state index in [2.05, 4.69) is 22.1 Å². The van der Waals surface area contributed by atoms with E-state index in [-0.39, 0.29) is 0 Å². The molecule has 1 N–H and O–H groups in total. The van der Waals surface area contributed by atoms with Gasteiger partial charge in [-0.2, -0.15) is 5.10 Å². The molecule has 5 nitrogen and oxygen atoms in total. The maximum absolute atomic E-state index is 12.1. The van der Waals surface area contributed by atoms with Gasteiger partial charge in [0.05, 0.1) is 5.69 Å². The number of carbonyl (C=O) groups excluding carboxylic acids is 1. The number of rotatable bonds is 3. The second kappa shape index (κ2) is 5.23. The number of H-pyrrole nitrogens is 1. The second-order valence-electron chi connectivity index (χ2n) is 6.32. The molecule has 5 heteroatoms. The summed E-state index contributed by atoms with van der Waals surface area (Å²) in [6.45, 7) is 3.79. The van der Waals surface area contributed by atoms with E-state index in [0.29, 0.717) is 24.2 Å². The molecule has 1 aliphatic heterocycles. The molecule has 114 valence electrons. The summed E-state index contributed by atoms with van der Waals surface area (Å²) >= 11 is 0. The summed E-state index contributed by atoms with van der Waals surface area (Å²) in [7, 11) is 0. The molecule has 1 aliphatic carbocycles. The summed E-state index contributed by atoms with van der Waals surface area (Å²) in [4.78, 5) is 18.2. The number of aromatic amines is 1. The van der Waals surface area contributed by atoms with Gasteiger partial charge in [0, 0.05) is 54.6 Å². The number of hydrogen-bond donors (Lipinski definition) is 1. The van der Waals surface area contributed by atoms with Gasteiger partial charge in [0.1, 0.15) is 0 Å². The van der Waals surface area contributed by atoms with Gasteiger partial charge in [0.15, 0.2) is 0 Å². The molecule has 1 fully saturated rings. The van der Waals surface area contributed by atoms with Crippen molar-refractivity contribution in [1.82, 2.24) is 20.1 Å². The molecule has 0 unspecified atom stereocenters. The zero-order valence-electron chi connectivity index (χ0n) is 12.7. The Hall–Kier alpha value is -2.17. The van der Waals surface area contributed by atoms with Crippen LogP contribution in [-0.2, 0) is 11.2 Å². The van der Waals surface area contributed by atoms with Gasteiger partial charge in [0.2, 0.25) is 5.91 Å². The van der Waals surface area contributed by atoms with Crippen molar-refractivity contribution in [3.63, 3.8) is 0 Å². The monoisotopic (exact) mass is 296 g/mol. The zero-order valence-corrected chi connectivity index (χ0v) is 12.7. The molecule has 1 saturated heterocycles. The van der Waals surface area contributed by atoms with E-state index in [0.717, 1.165) is 37.2 Å². The van der Waals surface area contributed by atoms with Crippen LogP contribution in [0.4, 0.5) is 0 Å². The molecule has 3 heterocycles. The highest BCUT2D eigenvalue weighted by Gasteiger charge is 2.43. The van der Waals surface area contributed by atoms with E-state index in [4.69, 9.17) is 0 Å². The van der Waals surface area contributed by atoms with Crippen LogP contribution in [0.15, 0.2) is 24.5 Å². The molecule has 4 rings (SSSR count). The topological polar surface area (TPSA) is 61.9 Å². The Kier molecular flexibility index (Phi) is 3.21. The third-order valence-corrected chi connectivity index (χ3v) is 4.95. The first-order valence-electron chi connectivity index (χ1n) is 8.03. The molecule has 0 bridgehead atoms. The number of amides is 1. The van der Waals surface area contributed by atoms with Crippen molar-refractivity contribution in [3.8, 4) is 11.3 Å². The fourth-order valence-corrected chi connectivity index (χ4v) is 3.88. The largest absolute Gasteiger partial charge is 0.342 e. The summed E-state index contributed by atoms with van der Waals surface area (Å²) in [6.07, 6.45) is 6.21. The van der Waals surface area contributed by atoms with Gasteiger partial charge in [-0.15, -0.1) is 0 Å². The average molecular weight is 296 g/mol. The highest BCUT2D eigenvalue weighted by molar-refractivity contribution is 5.77. The predicted molar refractivity (Wildman–Crippen MR) is 83.2 cm³/mol. The van der Waals surface area contributed by atoms with E-state index >= 15 is 0 Å². The minimum atomic E-state index is 0.298. The lowest BCUT2D eigenvalue weighted by molar-refractivity contribution is -0.130. The highest BCUT2D eigenvalue weighted by Crippen LogP contribution is 2.45. The van der Waals surface area contributed by atoms with Gasteiger partial charge in [-0.3, -0.25) is 14.9 Å². The van der Waals surface area contributed by atoms with Crippen LogP contribution in [0.2, 0.25) is 0 Å². The lowest BCUT2D eigenvalue weighted by Crippen LogP contribution is -2.29. The van der Waals surface area contributed by atoms with Crippen molar-refractivity contribution in [1.29, 1.82) is 0 Å². The van der Waals surface area contributed by atoms with Crippen molar-refractivity contribution >= 4 is 5.91 Å². The van der Waals surface area contributed by atoms with Crippen LogP contribution in [0.25, 0.3) is 11.3 Å². The Morgan fingerprint density at radius 3 is 2.95 bits per heavy atom. The lowest BCUT2D eigenvalue weighted by Gasteiger charge is -2.16. The maximum atomic E-state index is 12.1. The number of nitrogens with one attached hydrogen (secondary N) is 1. The van der Waals surface area contributed by atoms with Crippen LogP contribution in [0.1, 0.15) is 36.9 Å².